The van der Waals surface area contributed by atoms with Gasteiger partial charge in [0.2, 0.25) is 5.95 Å². The molecule has 0 unspecified atom stereocenters. The Hall–Kier alpha value is -3.39. The first-order valence-corrected chi connectivity index (χ1v) is 8.98. The number of hydrogen-bond donors (Lipinski definition) is 1. The Morgan fingerprint density at radius 1 is 1.18 bits per heavy atom. The lowest BCUT2D eigenvalue weighted by Gasteiger charge is -2.32. The van der Waals surface area contributed by atoms with E-state index in [1.807, 2.05) is 19.1 Å². The average molecular weight is 376 g/mol. The molecule has 8 heteroatoms. The van der Waals surface area contributed by atoms with Crippen LogP contribution < -0.4 is 5.73 Å². The number of pyridine rings is 2. The van der Waals surface area contributed by atoms with Crippen LogP contribution in [0.4, 0.5) is 5.95 Å². The Morgan fingerprint density at radius 3 is 2.75 bits per heavy atom. The Morgan fingerprint density at radius 2 is 2.00 bits per heavy atom. The molecule has 4 rings (SSSR count). The second-order valence-corrected chi connectivity index (χ2v) is 6.58. The number of aromatic nitrogens is 4. The van der Waals surface area contributed by atoms with Gasteiger partial charge in [0.15, 0.2) is 0 Å². The molecule has 1 aliphatic heterocycles. The van der Waals surface area contributed by atoms with Crippen molar-refractivity contribution in [1.82, 2.24) is 24.8 Å². The van der Waals surface area contributed by atoms with Crippen molar-refractivity contribution in [2.75, 3.05) is 25.4 Å². The summed E-state index contributed by atoms with van der Waals surface area (Å²) in [5, 5.41) is 0. The zero-order valence-corrected chi connectivity index (χ0v) is 15.4. The molecule has 142 valence electrons. The largest absolute Gasteiger partial charge is 0.368 e. The van der Waals surface area contributed by atoms with E-state index in [0.29, 0.717) is 25.4 Å². The fourth-order valence-electron chi connectivity index (χ4n) is 3.18. The number of amides is 1. The summed E-state index contributed by atoms with van der Waals surface area (Å²) in [5.74, 6) is 0.128. The first kappa shape index (κ1) is 18.0. The van der Waals surface area contributed by atoms with Gasteiger partial charge in [-0.1, -0.05) is 6.07 Å². The van der Waals surface area contributed by atoms with Crippen LogP contribution in [0, 0.1) is 6.92 Å². The number of anilines is 1. The van der Waals surface area contributed by atoms with Crippen LogP contribution in [-0.4, -0.2) is 50.4 Å². The molecule has 8 nitrogen and oxygen atoms in total. The fraction of sp³-hybridized carbons (Fsp3) is 0.250. The normalized spacial score (nSPS) is 16.8. The van der Waals surface area contributed by atoms with Gasteiger partial charge in [-0.25, -0.2) is 9.97 Å². The van der Waals surface area contributed by atoms with Crippen LogP contribution in [0.2, 0.25) is 0 Å². The molecule has 0 aromatic carbocycles. The fourth-order valence-corrected chi connectivity index (χ4v) is 3.18. The number of carbonyl (C=O) groups is 1. The SMILES string of the molecule is Cc1cc(-c2cnc(N)nc2)cc([C@@H]2CN(C(=O)c3ccccn3)CCO2)n1. The maximum absolute atomic E-state index is 12.7. The molecule has 28 heavy (non-hydrogen) atoms. The number of ether oxygens (including phenoxy) is 1. The molecular weight excluding hydrogens is 356 g/mol. The summed E-state index contributed by atoms with van der Waals surface area (Å²) in [4.78, 5) is 31.4. The van der Waals surface area contributed by atoms with Gasteiger partial charge in [0.05, 0.1) is 18.8 Å². The van der Waals surface area contributed by atoms with Crippen LogP contribution in [0.1, 0.15) is 28.0 Å². The van der Waals surface area contributed by atoms with Gasteiger partial charge in [-0.3, -0.25) is 14.8 Å². The zero-order valence-electron chi connectivity index (χ0n) is 15.4. The summed E-state index contributed by atoms with van der Waals surface area (Å²) in [7, 11) is 0. The van der Waals surface area contributed by atoms with Gasteiger partial charge >= 0.3 is 0 Å². The molecule has 1 amide bonds. The van der Waals surface area contributed by atoms with Crippen LogP contribution in [0.15, 0.2) is 48.9 Å². The highest BCUT2D eigenvalue weighted by atomic mass is 16.5. The number of carbonyl (C=O) groups excluding carboxylic acids is 1. The standard InChI is InChI=1S/C20H20N6O2/c1-13-8-14(15-10-23-20(21)24-11-15)9-17(25-13)18-12-26(6-7-28-18)19(27)16-4-2-3-5-22-16/h2-5,8-11,18H,6-7,12H2,1H3,(H2,21,23,24)/t18-/m0/s1. The maximum Gasteiger partial charge on any atom is 0.272 e. The van der Waals surface area contributed by atoms with Gasteiger partial charge in [-0.2, -0.15) is 0 Å². The lowest BCUT2D eigenvalue weighted by molar-refractivity contribution is -0.0249. The van der Waals surface area contributed by atoms with E-state index in [4.69, 9.17) is 10.5 Å². The van der Waals surface area contributed by atoms with Crippen molar-refractivity contribution in [2.24, 2.45) is 0 Å². The molecule has 0 bridgehead atoms. The van der Waals surface area contributed by atoms with Gasteiger partial charge in [-0.05, 0) is 36.8 Å². The molecule has 0 aliphatic carbocycles. The van der Waals surface area contributed by atoms with Crippen molar-refractivity contribution >= 4 is 11.9 Å². The molecule has 3 aromatic rings. The van der Waals surface area contributed by atoms with E-state index in [1.165, 1.54) is 0 Å². The molecule has 4 heterocycles. The van der Waals surface area contributed by atoms with Crippen molar-refractivity contribution < 1.29 is 9.53 Å². The van der Waals surface area contributed by atoms with Gasteiger partial charge in [0, 0.05) is 36.4 Å². The quantitative estimate of drug-likeness (QED) is 0.745. The molecule has 1 atom stereocenters. The van der Waals surface area contributed by atoms with E-state index in [1.54, 1.807) is 41.7 Å². The predicted octanol–water partition coefficient (Wildman–Crippen LogP) is 2.04. The molecule has 1 aliphatic rings. The summed E-state index contributed by atoms with van der Waals surface area (Å²) < 4.78 is 5.92. The third-order valence-electron chi connectivity index (χ3n) is 4.55. The first-order chi connectivity index (χ1) is 13.6. The third kappa shape index (κ3) is 3.81. The summed E-state index contributed by atoms with van der Waals surface area (Å²) >= 11 is 0. The molecule has 3 aromatic heterocycles. The van der Waals surface area contributed by atoms with Crippen LogP contribution in [0.3, 0.4) is 0 Å². The van der Waals surface area contributed by atoms with Gasteiger partial charge in [0.25, 0.3) is 5.91 Å². The highest BCUT2D eigenvalue weighted by Gasteiger charge is 2.28. The summed E-state index contributed by atoms with van der Waals surface area (Å²) in [6.45, 7) is 3.31. The van der Waals surface area contributed by atoms with Gasteiger partial charge < -0.3 is 15.4 Å². The number of nitrogens with zero attached hydrogens (tertiary/aromatic N) is 5. The zero-order chi connectivity index (χ0) is 19.5. The second kappa shape index (κ2) is 7.69. The highest BCUT2D eigenvalue weighted by molar-refractivity contribution is 5.92. The number of hydrogen-bond acceptors (Lipinski definition) is 7. The lowest BCUT2D eigenvalue weighted by Crippen LogP contribution is -2.42. The topological polar surface area (TPSA) is 107 Å². The van der Waals surface area contributed by atoms with Crippen LogP contribution in [-0.2, 0) is 4.74 Å². The third-order valence-corrected chi connectivity index (χ3v) is 4.55. The van der Waals surface area contributed by atoms with Crippen LogP contribution in [0.5, 0.6) is 0 Å². The minimum atomic E-state index is -0.310. The maximum atomic E-state index is 12.7. The minimum absolute atomic E-state index is 0.103. The average Bonchev–Trinajstić information content (AvgIpc) is 2.74. The van der Waals surface area contributed by atoms with E-state index in [-0.39, 0.29) is 18.0 Å². The van der Waals surface area contributed by atoms with E-state index in [2.05, 4.69) is 19.9 Å². The molecule has 1 fully saturated rings. The summed E-state index contributed by atoms with van der Waals surface area (Å²) in [6.07, 6.45) is 4.67. The van der Waals surface area contributed by atoms with E-state index in [0.717, 1.165) is 22.5 Å². The summed E-state index contributed by atoms with van der Waals surface area (Å²) in [5.41, 5.74) is 9.40. The smallest absolute Gasteiger partial charge is 0.272 e. The number of nitrogen functional groups attached to an aromatic ring is 1. The van der Waals surface area contributed by atoms with Crippen LogP contribution >= 0.6 is 0 Å². The number of morpholine rings is 1. The van der Waals surface area contributed by atoms with Crippen molar-refractivity contribution in [2.45, 2.75) is 13.0 Å². The lowest BCUT2D eigenvalue weighted by atomic mass is 10.1. The molecule has 2 N–H and O–H groups in total. The Labute approximate surface area is 162 Å². The number of aryl methyl sites for hydroxylation is 1. The highest BCUT2D eigenvalue weighted by Crippen LogP contribution is 2.27. The first-order valence-electron chi connectivity index (χ1n) is 8.98. The summed E-state index contributed by atoms with van der Waals surface area (Å²) in [6, 6.07) is 9.22. The predicted molar refractivity (Wildman–Crippen MR) is 103 cm³/mol. The van der Waals surface area contributed by atoms with Crippen molar-refractivity contribution in [3.05, 3.63) is 66.0 Å². The molecule has 1 saturated heterocycles. The molecule has 0 spiro atoms. The van der Waals surface area contributed by atoms with Gasteiger partial charge in [0.1, 0.15) is 11.8 Å². The monoisotopic (exact) mass is 376 g/mol. The Bertz CT molecular complexity index is 978. The molecule has 0 radical (unpaired) electrons. The van der Waals surface area contributed by atoms with E-state index >= 15 is 0 Å². The van der Waals surface area contributed by atoms with Crippen molar-refractivity contribution in [1.29, 1.82) is 0 Å². The van der Waals surface area contributed by atoms with Crippen molar-refractivity contribution in [3.63, 3.8) is 0 Å². The second-order valence-electron chi connectivity index (χ2n) is 6.58. The molecule has 0 saturated carbocycles. The Kier molecular flexibility index (Phi) is 4.94. The van der Waals surface area contributed by atoms with Crippen LogP contribution in [0.25, 0.3) is 11.1 Å². The van der Waals surface area contributed by atoms with Gasteiger partial charge in [-0.15, -0.1) is 0 Å². The number of nitrogens with two attached hydrogens (primary N) is 1. The van der Waals surface area contributed by atoms with Crippen molar-refractivity contribution in [3.8, 4) is 11.1 Å². The number of rotatable bonds is 3. The van der Waals surface area contributed by atoms with E-state index < -0.39 is 0 Å². The Balaban J connectivity index is 1.58. The van der Waals surface area contributed by atoms with E-state index in [9.17, 15) is 4.79 Å². The minimum Gasteiger partial charge on any atom is -0.368 e. The molecular formula is C20H20N6O2.